The van der Waals surface area contributed by atoms with Crippen LogP contribution in [0.2, 0.25) is 13.1 Å². The van der Waals surface area contributed by atoms with Crippen molar-refractivity contribution in [2.75, 3.05) is 6.61 Å². The first kappa shape index (κ1) is 10.5. The summed E-state index contributed by atoms with van der Waals surface area (Å²) in [5.74, 6) is 0. The largest absolute Gasteiger partial charge is 0.358 e. The third-order valence-electron chi connectivity index (χ3n) is 0.707. The van der Waals surface area contributed by atoms with E-state index in [1.165, 1.54) is 0 Å². The summed E-state index contributed by atoms with van der Waals surface area (Å²) in [7, 11) is -2.68. The molecule has 0 aromatic rings. The standard InChI is InChI=1S/C5H15O3PSi/c1-4-5-7-9(6)8-10(2)3/h6,10H,4-5H2,1-3H3. The molecule has 0 aliphatic carbocycles. The first-order valence-corrected chi connectivity index (χ1v) is 7.36. The topological polar surface area (TPSA) is 38.7 Å². The Hall–Kier alpha value is 0.527. The third kappa shape index (κ3) is 6.64. The van der Waals surface area contributed by atoms with Gasteiger partial charge in [-0.15, -0.1) is 0 Å². The van der Waals surface area contributed by atoms with Gasteiger partial charge in [0.1, 0.15) is 0 Å². The molecule has 0 spiro atoms. The van der Waals surface area contributed by atoms with Crippen LogP contribution in [0.15, 0.2) is 0 Å². The molecule has 5 heteroatoms. The normalized spacial score (nSPS) is 14.1. The van der Waals surface area contributed by atoms with Crippen molar-refractivity contribution in [3.8, 4) is 0 Å². The molecule has 0 rings (SSSR count). The van der Waals surface area contributed by atoms with Crippen LogP contribution in [-0.2, 0) is 8.74 Å². The summed E-state index contributed by atoms with van der Waals surface area (Å²) in [6.45, 7) is 6.58. The van der Waals surface area contributed by atoms with E-state index in [9.17, 15) is 0 Å². The molecule has 0 aromatic carbocycles. The third-order valence-corrected chi connectivity index (χ3v) is 3.52. The van der Waals surface area contributed by atoms with Crippen LogP contribution in [-0.4, -0.2) is 20.5 Å². The molecule has 0 fully saturated rings. The van der Waals surface area contributed by atoms with Crippen LogP contribution >= 0.6 is 8.60 Å². The lowest BCUT2D eigenvalue weighted by molar-refractivity contribution is 0.262. The van der Waals surface area contributed by atoms with Crippen LogP contribution in [0.1, 0.15) is 13.3 Å². The van der Waals surface area contributed by atoms with E-state index in [0.29, 0.717) is 6.61 Å². The number of hydrogen-bond acceptors (Lipinski definition) is 3. The lowest BCUT2D eigenvalue weighted by Gasteiger charge is -2.11. The molecule has 0 aromatic heterocycles. The van der Waals surface area contributed by atoms with E-state index >= 15 is 0 Å². The Morgan fingerprint density at radius 3 is 2.50 bits per heavy atom. The lowest BCUT2D eigenvalue weighted by atomic mass is 10.5. The van der Waals surface area contributed by atoms with Gasteiger partial charge in [0.05, 0.1) is 6.61 Å². The van der Waals surface area contributed by atoms with Gasteiger partial charge in [0.25, 0.3) is 0 Å². The van der Waals surface area contributed by atoms with Crippen LogP contribution in [0.5, 0.6) is 0 Å². The average Bonchev–Trinajstić information content (AvgIpc) is 1.82. The van der Waals surface area contributed by atoms with E-state index in [1.807, 2.05) is 20.0 Å². The fourth-order valence-electron chi connectivity index (χ4n) is 0.380. The Kier molecular flexibility index (Phi) is 6.58. The van der Waals surface area contributed by atoms with Crippen LogP contribution in [0.4, 0.5) is 0 Å². The van der Waals surface area contributed by atoms with Crippen molar-refractivity contribution in [1.29, 1.82) is 0 Å². The second-order valence-corrected chi connectivity index (χ2v) is 5.90. The molecule has 1 N–H and O–H groups in total. The summed E-state index contributed by atoms with van der Waals surface area (Å²) >= 11 is 0. The summed E-state index contributed by atoms with van der Waals surface area (Å²) in [6, 6.07) is 0. The second-order valence-electron chi connectivity index (χ2n) is 2.23. The van der Waals surface area contributed by atoms with E-state index in [4.69, 9.17) is 13.6 Å². The summed E-state index contributed by atoms with van der Waals surface area (Å²) in [5, 5.41) is 0. The zero-order valence-corrected chi connectivity index (χ0v) is 8.75. The van der Waals surface area contributed by atoms with Crippen molar-refractivity contribution in [2.24, 2.45) is 0 Å². The first-order chi connectivity index (χ1) is 4.66. The molecular formula is C5H15O3PSi. The smallest absolute Gasteiger partial charge is 0.318 e. The maximum absolute atomic E-state index is 9.01. The monoisotopic (exact) mass is 182 g/mol. The Balaban J connectivity index is 3.16. The van der Waals surface area contributed by atoms with Gasteiger partial charge in [0.15, 0.2) is 9.04 Å². The average molecular weight is 182 g/mol. The molecule has 3 nitrogen and oxygen atoms in total. The van der Waals surface area contributed by atoms with Crippen LogP contribution in [0.3, 0.4) is 0 Å². The Morgan fingerprint density at radius 1 is 1.50 bits per heavy atom. The lowest BCUT2D eigenvalue weighted by Crippen LogP contribution is -2.04. The predicted molar refractivity (Wildman–Crippen MR) is 45.3 cm³/mol. The summed E-state index contributed by atoms with van der Waals surface area (Å²) in [4.78, 5) is 9.01. The van der Waals surface area contributed by atoms with Gasteiger partial charge < -0.3 is 13.6 Å². The number of rotatable bonds is 5. The van der Waals surface area contributed by atoms with Gasteiger partial charge in [-0.2, -0.15) is 0 Å². The van der Waals surface area contributed by atoms with Gasteiger partial charge in [0.2, 0.25) is 0 Å². The molecule has 0 aliphatic rings. The molecule has 10 heavy (non-hydrogen) atoms. The predicted octanol–water partition coefficient (Wildman–Crippen LogP) is 1.63. The summed E-state index contributed by atoms with van der Waals surface area (Å²) in [6.07, 6.45) is 0.919. The first-order valence-electron chi connectivity index (χ1n) is 3.45. The van der Waals surface area contributed by atoms with Crippen LogP contribution in [0, 0.1) is 0 Å². The second kappa shape index (κ2) is 6.25. The van der Waals surface area contributed by atoms with Gasteiger partial charge in [-0.25, -0.2) is 0 Å². The van der Waals surface area contributed by atoms with Crippen molar-refractivity contribution in [2.45, 2.75) is 26.4 Å². The summed E-state index contributed by atoms with van der Waals surface area (Å²) < 4.78 is 10.0. The van der Waals surface area contributed by atoms with Gasteiger partial charge in [-0.3, -0.25) is 0 Å². The van der Waals surface area contributed by atoms with E-state index in [2.05, 4.69) is 0 Å². The van der Waals surface area contributed by atoms with Gasteiger partial charge >= 0.3 is 8.60 Å². The Bertz CT molecular complexity index is 81.3. The number of hydrogen-bond donors (Lipinski definition) is 1. The van der Waals surface area contributed by atoms with Crippen LogP contribution in [0.25, 0.3) is 0 Å². The van der Waals surface area contributed by atoms with Gasteiger partial charge in [0, 0.05) is 0 Å². The minimum absolute atomic E-state index is 0.587. The van der Waals surface area contributed by atoms with E-state index in [1.54, 1.807) is 0 Å². The van der Waals surface area contributed by atoms with Gasteiger partial charge in [-0.05, 0) is 19.5 Å². The van der Waals surface area contributed by atoms with Crippen molar-refractivity contribution in [1.82, 2.24) is 0 Å². The maximum Gasteiger partial charge on any atom is 0.318 e. The van der Waals surface area contributed by atoms with Crippen LogP contribution < -0.4 is 0 Å². The van der Waals surface area contributed by atoms with Crippen molar-refractivity contribution >= 4 is 17.6 Å². The fraction of sp³-hybridized carbons (Fsp3) is 1.00. The Morgan fingerprint density at radius 2 is 2.10 bits per heavy atom. The maximum atomic E-state index is 9.01. The molecular weight excluding hydrogens is 167 g/mol. The van der Waals surface area contributed by atoms with Crippen molar-refractivity contribution in [3.63, 3.8) is 0 Å². The molecule has 62 valence electrons. The van der Waals surface area contributed by atoms with E-state index < -0.39 is 17.6 Å². The molecule has 0 heterocycles. The molecule has 0 bridgehead atoms. The SMILES string of the molecule is CCCOP(O)O[SiH](C)C. The highest BCUT2D eigenvalue weighted by Gasteiger charge is 2.07. The minimum Gasteiger partial charge on any atom is -0.358 e. The molecule has 0 saturated carbocycles. The molecule has 0 amide bonds. The van der Waals surface area contributed by atoms with Crippen molar-refractivity contribution < 1.29 is 13.6 Å². The summed E-state index contributed by atoms with van der Waals surface area (Å²) in [5.41, 5.74) is 0. The van der Waals surface area contributed by atoms with E-state index in [0.717, 1.165) is 6.42 Å². The fourth-order valence-corrected chi connectivity index (χ4v) is 2.41. The highest BCUT2D eigenvalue weighted by Crippen LogP contribution is 2.33. The highest BCUT2D eigenvalue weighted by atomic mass is 31.2. The molecule has 1 unspecified atom stereocenters. The zero-order chi connectivity index (χ0) is 7.98. The van der Waals surface area contributed by atoms with E-state index in [-0.39, 0.29) is 0 Å². The molecule has 0 radical (unpaired) electrons. The Labute approximate surface area is 65.1 Å². The molecule has 0 aliphatic heterocycles. The van der Waals surface area contributed by atoms with Gasteiger partial charge in [-0.1, -0.05) is 6.92 Å². The highest BCUT2D eigenvalue weighted by molar-refractivity contribution is 7.42. The molecule has 1 atom stereocenters. The minimum atomic E-state index is -1.56. The molecule has 0 saturated heterocycles. The quantitative estimate of drug-likeness (QED) is 0.519. The van der Waals surface area contributed by atoms with Crippen molar-refractivity contribution in [3.05, 3.63) is 0 Å². The zero-order valence-electron chi connectivity index (χ0n) is 6.70.